The van der Waals surface area contributed by atoms with Gasteiger partial charge in [0.05, 0.1) is 7.11 Å². The van der Waals surface area contributed by atoms with Crippen molar-refractivity contribution in [1.29, 1.82) is 0 Å². The van der Waals surface area contributed by atoms with Gasteiger partial charge in [-0.05, 0) is 55.6 Å². The van der Waals surface area contributed by atoms with Crippen molar-refractivity contribution in [2.45, 2.75) is 72.0 Å². The van der Waals surface area contributed by atoms with Gasteiger partial charge in [-0.1, -0.05) is 73.9 Å². The van der Waals surface area contributed by atoms with Gasteiger partial charge in [0.25, 0.3) is 0 Å². The Kier molecular flexibility index (Phi) is 7.39. The molecule has 0 N–H and O–H groups in total. The van der Waals surface area contributed by atoms with E-state index in [0.29, 0.717) is 23.3 Å². The maximum Gasteiger partial charge on any atom is 2.00 e. The molecule has 8 rings (SSSR count). The van der Waals surface area contributed by atoms with Crippen LogP contribution in [0.1, 0.15) is 67.3 Å². The molecule has 46 heavy (non-hydrogen) atoms. The molecule has 1 aliphatic carbocycles. The monoisotopic (exact) mass is 628 g/mol. The molecule has 5 aliphatic heterocycles. The van der Waals surface area contributed by atoms with Gasteiger partial charge in [-0.25, -0.2) is 0 Å². The van der Waals surface area contributed by atoms with E-state index >= 15 is 0 Å². The van der Waals surface area contributed by atoms with Crippen LogP contribution in [0.5, 0.6) is 0 Å². The maximum absolute atomic E-state index is 14.1. The Morgan fingerprint density at radius 2 is 1.83 bits per heavy atom. The van der Waals surface area contributed by atoms with Gasteiger partial charge < -0.3 is 34.8 Å². The number of methoxy groups -OCH3 is 1. The van der Waals surface area contributed by atoms with E-state index in [1.807, 2.05) is 25.2 Å². The van der Waals surface area contributed by atoms with Crippen molar-refractivity contribution >= 4 is 59.1 Å². The predicted octanol–water partition coefficient (Wildman–Crippen LogP) is 3.78. The summed E-state index contributed by atoms with van der Waals surface area (Å²) in [5.41, 5.74) is 9.10. The number of hydrogen-bond acceptors (Lipinski definition) is 5. The van der Waals surface area contributed by atoms with E-state index in [9.17, 15) is 9.59 Å². The third kappa shape index (κ3) is 4.40. The van der Waals surface area contributed by atoms with Gasteiger partial charge in [-0.15, -0.1) is 33.9 Å². The Balaban J connectivity index is 0.00000338. The van der Waals surface area contributed by atoms with Crippen LogP contribution in [0.2, 0.25) is 0 Å². The molecule has 0 amide bonds. The van der Waals surface area contributed by atoms with Crippen molar-refractivity contribution in [3.8, 4) is 0 Å². The average molecular weight is 629 g/mol. The summed E-state index contributed by atoms with van der Waals surface area (Å²) in [6.07, 6.45) is 10.2. The largest absolute Gasteiger partial charge is 2.00 e. The molecule has 1 unspecified atom stereocenters. The Morgan fingerprint density at radius 3 is 2.48 bits per heavy atom. The number of esters is 1. The second-order valence-electron chi connectivity index (χ2n) is 13.1. The number of hydrogen-bond donors (Lipinski definition) is 0. The fourth-order valence-corrected chi connectivity index (χ4v) is 7.88. The Bertz CT molecular complexity index is 1940. The van der Waals surface area contributed by atoms with E-state index in [2.05, 4.69) is 40.3 Å². The summed E-state index contributed by atoms with van der Waals surface area (Å²) >= 11 is 0. The number of Topliss-reactive ketones (excluding diaryl/α,β-unsaturated/α-hetero) is 1. The average Bonchev–Trinajstić information content (AvgIpc) is 3.61. The van der Waals surface area contributed by atoms with Crippen LogP contribution in [0.4, 0.5) is 0 Å². The first-order valence-electron chi connectivity index (χ1n) is 15.9. The molecule has 6 aliphatic rings. The van der Waals surface area contributed by atoms with Crippen molar-refractivity contribution in [2.24, 2.45) is 23.7 Å². The zero-order valence-corrected chi connectivity index (χ0v) is 28.6. The summed E-state index contributed by atoms with van der Waals surface area (Å²) in [6, 6.07) is -0.234. The normalized spacial score (nSPS) is 35.4. The van der Waals surface area contributed by atoms with Crippen molar-refractivity contribution < 1.29 is 23.8 Å². The van der Waals surface area contributed by atoms with E-state index in [1.54, 1.807) is 0 Å². The van der Waals surface area contributed by atoms with Crippen LogP contribution in [-0.4, -0.2) is 60.0 Å². The van der Waals surface area contributed by atoms with Crippen molar-refractivity contribution in [3.05, 3.63) is 89.8 Å². The topological polar surface area (TPSA) is 125 Å². The van der Waals surface area contributed by atoms with Gasteiger partial charge >= 0.3 is 29.0 Å². The SMILES string of the molecule is C=Cc1c(C)/c2[n-]/c1=C\c1[n-]c(c(CC)c1C)/C=C1\[N-]C3=C(C(=O)[C@H](C(=O)OC)/C3=C3/[N-]C(\C=2)[C@@H](C)[C@@H]3CCC23OC2O3)[C@@H]1C.[Mg+2]. The molecule has 0 aromatic carbocycles. The first kappa shape index (κ1) is 31.3. The van der Waals surface area contributed by atoms with Crippen LogP contribution in [0, 0.1) is 37.5 Å². The Labute approximate surface area is 284 Å². The van der Waals surface area contributed by atoms with Gasteiger partial charge in [0.2, 0.25) is 12.1 Å². The number of carbonyl (C=O) groups is 2. The third-order valence-corrected chi connectivity index (χ3v) is 10.8. The third-order valence-electron chi connectivity index (χ3n) is 10.8. The zero-order valence-electron chi connectivity index (χ0n) is 27.1. The molecule has 2 aromatic rings. The van der Waals surface area contributed by atoms with Gasteiger partial charge in [0.1, 0.15) is 5.92 Å². The summed E-state index contributed by atoms with van der Waals surface area (Å²) < 4.78 is 16.5. The van der Waals surface area contributed by atoms with Crippen LogP contribution in [0.3, 0.4) is 0 Å². The molecular weight excluding hydrogens is 593 g/mol. The fraction of sp³-hybridized carbons (Fsp3) is 0.444. The number of carbonyl (C=O) groups excluding carboxylic acids is 2. The minimum Gasteiger partial charge on any atom is -0.681 e. The summed E-state index contributed by atoms with van der Waals surface area (Å²) in [5, 5.41) is 12.1. The minimum absolute atomic E-state index is 0. The van der Waals surface area contributed by atoms with E-state index < -0.39 is 17.7 Å². The fourth-order valence-electron chi connectivity index (χ4n) is 7.88. The van der Waals surface area contributed by atoms with Crippen LogP contribution >= 0.6 is 0 Å². The van der Waals surface area contributed by atoms with E-state index in [4.69, 9.17) is 34.8 Å². The molecule has 0 radical (unpaired) electrons. The number of allylic oxidation sites excluding steroid dienone is 3. The van der Waals surface area contributed by atoms with Crippen molar-refractivity contribution in [3.63, 3.8) is 0 Å². The van der Waals surface area contributed by atoms with Crippen molar-refractivity contribution in [2.75, 3.05) is 7.11 Å². The molecular formula is C36H36MgN4O5-2. The quantitative estimate of drug-likeness (QED) is 0.206. The van der Waals surface area contributed by atoms with Gasteiger partial charge in [0.15, 0.2) is 5.78 Å². The molecule has 10 heteroatoms. The molecule has 9 nitrogen and oxygen atoms in total. The number of epoxide rings is 2. The smallest absolute Gasteiger partial charge is 0.681 e. The second-order valence-corrected chi connectivity index (χ2v) is 13.1. The summed E-state index contributed by atoms with van der Waals surface area (Å²) in [4.78, 5) is 37.6. The molecule has 0 spiro atoms. The van der Waals surface area contributed by atoms with Gasteiger partial charge in [0, 0.05) is 6.42 Å². The van der Waals surface area contributed by atoms with Gasteiger partial charge in [-0.2, -0.15) is 11.4 Å². The number of ketones is 1. The van der Waals surface area contributed by atoms with E-state index in [1.165, 1.54) is 7.11 Å². The molecule has 5 atom stereocenters. The standard InChI is InChI=1S/C36H37N4O5.Mg/c1-8-19-15(3)22-12-24-17(5)21(10-11-36-35(44-36)45-36)31(39-24)29-30(34(42)43-7)33(41)28-18(6)25(40-32(28)29)14-27-20(9-2)16(4)23(38-27)13-26(19)37-22;/h8,12-14,17-18,21,24,30,35H,1,9-11H2,2-7H3,(H-,39,40,41);/q-3;+2/p-1/b22-12-,25-14-,26-13-;/t17-,18+,21-,24?,30+,35?,36?;/m0./s1. The minimum atomic E-state index is -1.09. The molecule has 3 saturated heterocycles. The molecule has 2 aromatic heterocycles. The van der Waals surface area contributed by atoms with Crippen LogP contribution in [0.15, 0.2) is 34.8 Å². The molecule has 7 heterocycles. The van der Waals surface area contributed by atoms with Crippen molar-refractivity contribution in [1.82, 2.24) is 9.97 Å². The Morgan fingerprint density at radius 1 is 1.09 bits per heavy atom. The number of ether oxygens (including phenoxy) is 3. The summed E-state index contributed by atoms with van der Waals surface area (Å²) in [6.45, 7) is 14.5. The van der Waals surface area contributed by atoms with Crippen LogP contribution in [-0.2, 0) is 30.2 Å². The van der Waals surface area contributed by atoms with E-state index in [-0.39, 0.29) is 58.9 Å². The molecule has 0 saturated carbocycles. The zero-order chi connectivity index (χ0) is 31.5. The number of nitrogens with zero attached hydrogens (tertiary/aromatic N) is 4. The first-order chi connectivity index (χ1) is 21.6. The number of rotatable bonds is 6. The number of fused-ring (bicyclic) bond motifs is 8. The van der Waals surface area contributed by atoms with Gasteiger partial charge in [-0.3, -0.25) is 9.59 Å². The van der Waals surface area contributed by atoms with Crippen LogP contribution in [0.25, 0.3) is 34.9 Å². The predicted molar refractivity (Wildman–Crippen MR) is 174 cm³/mol. The first-order valence-corrected chi connectivity index (χ1v) is 15.9. The summed E-state index contributed by atoms with van der Waals surface area (Å²) in [7, 11) is 1.32. The Hall–Kier alpha value is -3.31. The maximum atomic E-state index is 14.1. The second kappa shape index (κ2) is 10.9. The molecule has 234 valence electrons. The van der Waals surface area contributed by atoms with Crippen LogP contribution < -0.4 is 20.7 Å². The summed E-state index contributed by atoms with van der Waals surface area (Å²) in [5.74, 6) is -2.71. The molecule has 8 bridgehead atoms. The number of aromatic nitrogens is 2. The molecule has 3 fully saturated rings. The van der Waals surface area contributed by atoms with E-state index in [0.717, 1.165) is 68.6 Å².